The lowest BCUT2D eigenvalue weighted by atomic mass is 10.0. The van der Waals surface area contributed by atoms with E-state index in [0.29, 0.717) is 6.07 Å². The molecule has 0 saturated carbocycles. The number of para-hydroxylation sites is 1. The van der Waals surface area contributed by atoms with Gasteiger partial charge in [-0.2, -0.15) is 0 Å². The van der Waals surface area contributed by atoms with Crippen LogP contribution in [0.5, 0.6) is 0 Å². The predicted octanol–water partition coefficient (Wildman–Crippen LogP) is 2.39. The highest BCUT2D eigenvalue weighted by Gasteiger charge is 2.27. The Morgan fingerprint density at radius 3 is 2.54 bits per heavy atom. The molecule has 0 unspecified atom stereocenters. The fraction of sp³-hybridized carbons (Fsp3) is 0.176. The lowest BCUT2D eigenvalue weighted by Gasteiger charge is -2.17. The molecule has 9 heteroatoms. The molecule has 2 aromatic rings. The first-order valence-corrected chi connectivity index (χ1v) is 7.39. The highest BCUT2D eigenvalue weighted by atomic mass is 19.1. The van der Waals surface area contributed by atoms with E-state index in [-0.39, 0.29) is 17.7 Å². The summed E-state index contributed by atoms with van der Waals surface area (Å²) in [5.74, 6) is -3.80. The number of methoxy groups -OCH3 is 1. The first kappa shape index (κ1) is 19.0. The quantitative estimate of drug-likeness (QED) is 0.482. The lowest BCUT2D eigenvalue weighted by Crippen LogP contribution is -2.43. The molecular weight excluding hydrogens is 350 g/mol. The van der Waals surface area contributed by atoms with Crippen molar-refractivity contribution in [1.82, 2.24) is 5.32 Å². The molecule has 26 heavy (non-hydrogen) atoms. The second kappa shape index (κ2) is 8.15. The van der Waals surface area contributed by atoms with Crippen LogP contribution in [0.1, 0.15) is 15.9 Å². The number of ether oxygens (including phenoxy) is 1. The second-order valence-corrected chi connectivity index (χ2v) is 5.26. The number of benzene rings is 2. The number of nitro benzene ring substituents is 1. The lowest BCUT2D eigenvalue weighted by molar-refractivity contribution is -0.385. The van der Waals surface area contributed by atoms with E-state index in [2.05, 4.69) is 10.1 Å². The Morgan fingerprint density at radius 2 is 1.92 bits per heavy atom. The molecule has 0 aromatic heterocycles. The molecule has 2 aromatic carbocycles. The monoisotopic (exact) mass is 364 g/mol. The van der Waals surface area contributed by atoms with Crippen molar-refractivity contribution >= 4 is 17.6 Å². The van der Waals surface area contributed by atoms with E-state index in [1.54, 1.807) is 0 Å². The van der Waals surface area contributed by atoms with Crippen molar-refractivity contribution in [1.29, 1.82) is 0 Å². The fourth-order valence-corrected chi connectivity index (χ4v) is 2.33. The van der Waals surface area contributed by atoms with Crippen molar-refractivity contribution in [3.8, 4) is 0 Å². The number of carbonyl (C=O) groups excluding carboxylic acids is 2. The molecule has 0 bridgehead atoms. The third kappa shape index (κ3) is 4.38. The number of hydrogen-bond donors (Lipinski definition) is 1. The molecule has 0 aliphatic rings. The van der Waals surface area contributed by atoms with Gasteiger partial charge in [0.25, 0.3) is 11.6 Å². The summed E-state index contributed by atoms with van der Waals surface area (Å²) in [4.78, 5) is 34.6. The number of amides is 1. The summed E-state index contributed by atoms with van der Waals surface area (Å²) in [5, 5.41) is 13.3. The van der Waals surface area contributed by atoms with E-state index < -0.39 is 40.0 Å². The molecule has 0 aliphatic heterocycles. The Balaban J connectivity index is 2.27. The number of nitro groups is 1. The number of nitrogens with zero attached hydrogens (tertiary/aromatic N) is 1. The van der Waals surface area contributed by atoms with Gasteiger partial charge in [0.05, 0.1) is 17.6 Å². The summed E-state index contributed by atoms with van der Waals surface area (Å²) in [6, 6.07) is 6.75. The Labute approximate surface area is 146 Å². The number of carbonyl (C=O) groups is 2. The molecule has 1 atom stereocenters. The molecule has 0 heterocycles. The van der Waals surface area contributed by atoms with Gasteiger partial charge in [-0.15, -0.1) is 0 Å². The molecule has 0 fully saturated rings. The van der Waals surface area contributed by atoms with Gasteiger partial charge in [-0.05, 0) is 12.1 Å². The number of rotatable bonds is 6. The van der Waals surface area contributed by atoms with E-state index in [9.17, 15) is 28.5 Å². The summed E-state index contributed by atoms with van der Waals surface area (Å²) < 4.78 is 31.3. The number of halogens is 2. The zero-order chi connectivity index (χ0) is 19.3. The highest BCUT2D eigenvalue weighted by Crippen LogP contribution is 2.20. The van der Waals surface area contributed by atoms with Crippen LogP contribution >= 0.6 is 0 Å². The minimum absolute atomic E-state index is 0.188. The molecule has 0 radical (unpaired) electrons. The molecule has 2 rings (SSSR count). The number of esters is 1. The Bertz CT molecular complexity index is 857. The molecule has 0 saturated heterocycles. The molecule has 136 valence electrons. The van der Waals surface area contributed by atoms with Crippen molar-refractivity contribution in [3.63, 3.8) is 0 Å². The maximum Gasteiger partial charge on any atom is 0.328 e. The van der Waals surface area contributed by atoms with Crippen LogP contribution < -0.4 is 5.32 Å². The summed E-state index contributed by atoms with van der Waals surface area (Å²) in [7, 11) is 1.08. The van der Waals surface area contributed by atoms with Crippen LogP contribution in [0, 0.1) is 21.7 Å². The average Bonchev–Trinajstić information content (AvgIpc) is 2.60. The van der Waals surface area contributed by atoms with Crippen LogP contribution in [0.4, 0.5) is 14.5 Å². The van der Waals surface area contributed by atoms with Gasteiger partial charge in [-0.3, -0.25) is 14.9 Å². The van der Waals surface area contributed by atoms with Crippen LogP contribution in [0.15, 0.2) is 42.5 Å². The molecule has 7 nitrogen and oxygen atoms in total. The molecule has 0 spiro atoms. The van der Waals surface area contributed by atoms with Gasteiger partial charge in [0.15, 0.2) is 0 Å². The smallest absolute Gasteiger partial charge is 0.328 e. The topological polar surface area (TPSA) is 98.5 Å². The maximum atomic E-state index is 13.7. The minimum Gasteiger partial charge on any atom is -0.467 e. The van der Waals surface area contributed by atoms with Gasteiger partial charge in [0, 0.05) is 24.1 Å². The maximum absolute atomic E-state index is 13.7. The van der Waals surface area contributed by atoms with Crippen molar-refractivity contribution in [2.24, 2.45) is 0 Å². The summed E-state index contributed by atoms with van der Waals surface area (Å²) >= 11 is 0. The largest absolute Gasteiger partial charge is 0.467 e. The van der Waals surface area contributed by atoms with E-state index in [1.165, 1.54) is 24.3 Å². The zero-order valence-corrected chi connectivity index (χ0v) is 13.6. The Hall–Kier alpha value is -3.36. The van der Waals surface area contributed by atoms with Crippen molar-refractivity contribution in [2.45, 2.75) is 12.5 Å². The Morgan fingerprint density at radius 1 is 1.23 bits per heavy atom. The second-order valence-electron chi connectivity index (χ2n) is 5.26. The zero-order valence-electron chi connectivity index (χ0n) is 13.6. The number of nitrogens with one attached hydrogen (secondary N) is 1. The van der Waals surface area contributed by atoms with Gasteiger partial charge < -0.3 is 10.1 Å². The first-order valence-electron chi connectivity index (χ1n) is 7.39. The fourth-order valence-electron chi connectivity index (χ4n) is 2.33. The van der Waals surface area contributed by atoms with E-state index in [1.807, 2.05) is 0 Å². The number of hydrogen-bond acceptors (Lipinski definition) is 5. The van der Waals surface area contributed by atoms with Gasteiger partial charge in [-0.25, -0.2) is 13.6 Å². The molecular formula is C17H14F2N2O5. The first-order chi connectivity index (χ1) is 12.3. The third-order valence-electron chi connectivity index (χ3n) is 3.58. The summed E-state index contributed by atoms with van der Waals surface area (Å²) in [6.07, 6.45) is -0.238. The molecule has 1 N–H and O–H groups in total. The van der Waals surface area contributed by atoms with Crippen LogP contribution in [0.25, 0.3) is 0 Å². The SMILES string of the molecule is COC(=O)[C@@H](Cc1ccccc1[N+](=O)[O-])NC(=O)c1ccc(F)cc1F. The summed E-state index contributed by atoms with van der Waals surface area (Å²) in [5.41, 5.74) is -0.515. The van der Waals surface area contributed by atoms with E-state index in [4.69, 9.17) is 0 Å². The standard InChI is InChI=1S/C17H14F2N2O5/c1-26-17(23)14(8-10-4-2-3-5-15(10)21(24)25)20-16(22)12-7-6-11(18)9-13(12)19/h2-7,9,14H,8H2,1H3,(H,20,22)/t14-/m1/s1. The van der Waals surface area contributed by atoms with E-state index >= 15 is 0 Å². The van der Waals surface area contributed by atoms with Crippen molar-refractivity contribution in [3.05, 3.63) is 75.3 Å². The Kier molecular flexibility index (Phi) is 5.94. The van der Waals surface area contributed by atoms with Crippen molar-refractivity contribution < 1.29 is 28.0 Å². The molecule has 0 aliphatic carbocycles. The van der Waals surface area contributed by atoms with Gasteiger partial charge in [0.2, 0.25) is 0 Å². The van der Waals surface area contributed by atoms with Gasteiger partial charge in [-0.1, -0.05) is 18.2 Å². The third-order valence-corrected chi connectivity index (χ3v) is 3.58. The van der Waals surface area contributed by atoms with Gasteiger partial charge in [0.1, 0.15) is 17.7 Å². The highest BCUT2D eigenvalue weighted by molar-refractivity contribution is 5.97. The van der Waals surface area contributed by atoms with E-state index in [0.717, 1.165) is 19.2 Å². The normalized spacial score (nSPS) is 11.5. The van der Waals surface area contributed by atoms with Crippen LogP contribution in [-0.2, 0) is 16.0 Å². The molecule has 1 amide bonds. The van der Waals surface area contributed by atoms with Crippen LogP contribution in [-0.4, -0.2) is 30.0 Å². The van der Waals surface area contributed by atoms with Crippen LogP contribution in [0.3, 0.4) is 0 Å². The summed E-state index contributed by atoms with van der Waals surface area (Å²) in [6.45, 7) is 0. The van der Waals surface area contributed by atoms with Crippen molar-refractivity contribution in [2.75, 3.05) is 7.11 Å². The predicted molar refractivity (Wildman–Crippen MR) is 86.4 cm³/mol. The van der Waals surface area contributed by atoms with Crippen LogP contribution in [0.2, 0.25) is 0 Å². The van der Waals surface area contributed by atoms with Gasteiger partial charge >= 0.3 is 5.97 Å². The minimum atomic E-state index is -1.29. The average molecular weight is 364 g/mol.